The number of nitrogens with zero attached hydrogens (tertiary/aromatic N) is 1. The zero-order valence-corrected chi connectivity index (χ0v) is 12.1. The van der Waals surface area contributed by atoms with Crippen molar-refractivity contribution in [3.05, 3.63) is 29.8 Å². The molecule has 0 unspecified atom stereocenters. The molecule has 0 saturated heterocycles. The topological polar surface area (TPSA) is 118 Å². The van der Waals surface area contributed by atoms with Crippen LogP contribution in [-0.4, -0.2) is 30.5 Å². The molecule has 0 aliphatic carbocycles. The number of hydrazine groups is 1. The number of nitriles is 1. The Morgan fingerprint density at radius 1 is 1.23 bits per heavy atom. The van der Waals surface area contributed by atoms with E-state index in [1.807, 2.05) is 6.07 Å². The summed E-state index contributed by atoms with van der Waals surface area (Å²) in [6.07, 6.45) is -0.929. The maximum Gasteiger partial charge on any atom is 0.347 e. The molecule has 8 heteroatoms. The van der Waals surface area contributed by atoms with Gasteiger partial charge in [-0.05, 0) is 31.2 Å². The van der Waals surface area contributed by atoms with Gasteiger partial charge in [0, 0.05) is 6.92 Å². The van der Waals surface area contributed by atoms with E-state index in [1.54, 1.807) is 24.3 Å². The van der Waals surface area contributed by atoms with Crippen LogP contribution in [-0.2, 0) is 19.1 Å². The second-order valence-corrected chi connectivity index (χ2v) is 4.23. The number of hydrogen-bond acceptors (Lipinski definition) is 6. The molecular formula is C14H15N3O5. The van der Waals surface area contributed by atoms with Crippen LogP contribution >= 0.6 is 0 Å². The lowest BCUT2D eigenvalue weighted by Gasteiger charge is -2.14. The molecule has 1 rings (SSSR count). The number of carbonyl (C=O) groups excluding carboxylic acids is 3. The lowest BCUT2D eigenvalue weighted by molar-refractivity contribution is -0.155. The van der Waals surface area contributed by atoms with Crippen LogP contribution in [0, 0.1) is 11.3 Å². The molecule has 0 fully saturated rings. The highest BCUT2D eigenvalue weighted by Gasteiger charge is 2.17. The Kier molecular flexibility index (Phi) is 6.37. The molecule has 0 aliphatic heterocycles. The molecule has 0 heterocycles. The van der Waals surface area contributed by atoms with Gasteiger partial charge in [0.05, 0.1) is 11.6 Å². The largest absolute Gasteiger partial charge is 0.479 e. The SMILES string of the molecule is CC(=O)NNC(=O)COC(=O)[C@@H](C)Oc1ccc(C#N)cc1. The van der Waals surface area contributed by atoms with Gasteiger partial charge in [0.2, 0.25) is 5.91 Å². The number of rotatable bonds is 5. The first-order valence-corrected chi connectivity index (χ1v) is 6.31. The Bertz CT molecular complexity index is 591. The first-order chi connectivity index (χ1) is 10.4. The van der Waals surface area contributed by atoms with Crippen molar-refractivity contribution in [1.29, 1.82) is 5.26 Å². The van der Waals surface area contributed by atoms with E-state index >= 15 is 0 Å². The lowest BCUT2D eigenvalue weighted by Crippen LogP contribution is -2.43. The molecule has 1 aromatic carbocycles. The van der Waals surface area contributed by atoms with E-state index in [4.69, 9.17) is 14.7 Å². The van der Waals surface area contributed by atoms with Crippen molar-refractivity contribution in [2.75, 3.05) is 6.61 Å². The highest BCUT2D eigenvalue weighted by atomic mass is 16.6. The number of esters is 1. The van der Waals surface area contributed by atoms with Gasteiger partial charge in [-0.15, -0.1) is 0 Å². The Labute approximate surface area is 127 Å². The Hall–Kier alpha value is -3.08. The first kappa shape index (κ1) is 17.0. The fraction of sp³-hybridized carbons (Fsp3) is 0.286. The van der Waals surface area contributed by atoms with E-state index in [9.17, 15) is 14.4 Å². The number of carbonyl (C=O) groups is 3. The van der Waals surface area contributed by atoms with Crippen LogP contribution in [0.5, 0.6) is 5.75 Å². The summed E-state index contributed by atoms with van der Waals surface area (Å²) >= 11 is 0. The quantitative estimate of drug-likeness (QED) is 0.585. The van der Waals surface area contributed by atoms with Gasteiger partial charge in [-0.3, -0.25) is 20.4 Å². The van der Waals surface area contributed by atoms with E-state index in [0.717, 1.165) is 0 Å². The van der Waals surface area contributed by atoms with Gasteiger partial charge in [0.25, 0.3) is 5.91 Å². The molecule has 0 saturated carbocycles. The minimum absolute atomic E-state index is 0.395. The summed E-state index contributed by atoms with van der Waals surface area (Å²) < 4.78 is 10.1. The normalized spacial score (nSPS) is 10.8. The second kappa shape index (κ2) is 8.26. The van der Waals surface area contributed by atoms with Crippen molar-refractivity contribution in [2.45, 2.75) is 20.0 Å². The molecule has 0 spiro atoms. The fourth-order valence-corrected chi connectivity index (χ4v) is 1.31. The molecule has 0 radical (unpaired) electrons. The lowest BCUT2D eigenvalue weighted by atomic mass is 10.2. The van der Waals surface area contributed by atoms with Gasteiger partial charge < -0.3 is 9.47 Å². The van der Waals surface area contributed by atoms with Crippen molar-refractivity contribution in [3.63, 3.8) is 0 Å². The molecule has 0 bridgehead atoms. The van der Waals surface area contributed by atoms with Gasteiger partial charge >= 0.3 is 5.97 Å². The van der Waals surface area contributed by atoms with E-state index in [0.29, 0.717) is 11.3 Å². The van der Waals surface area contributed by atoms with Gasteiger partial charge in [0.1, 0.15) is 5.75 Å². The Morgan fingerprint density at radius 2 is 1.86 bits per heavy atom. The highest BCUT2D eigenvalue weighted by Crippen LogP contribution is 2.13. The number of ether oxygens (including phenoxy) is 2. The molecule has 0 aromatic heterocycles. The molecule has 22 heavy (non-hydrogen) atoms. The average molecular weight is 305 g/mol. The highest BCUT2D eigenvalue weighted by molar-refractivity contribution is 5.84. The van der Waals surface area contributed by atoms with Crippen LogP contribution in [0.15, 0.2) is 24.3 Å². The number of benzene rings is 1. The van der Waals surface area contributed by atoms with E-state index in [1.165, 1.54) is 13.8 Å². The third-order valence-electron chi connectivity index (χ3n) is 2.35. The summed E-state index contributed by atoms with van der Waals surface area (Å²) in [7, 11) is 0. The predicted molar refractivity (Wildman–Crippen MR) is 74.2 cm³/mol. The van der Waals surface area contributed by atoms with Crippen LogP contribution in [0.2, 0.25) is 0 Å². The van der Waals surface area contributed by atoms with Crippen molar-refractivity contribution in [1.82, 2.24) is 10.9 Å². The molecule has 2 amide bonds. The molecule has 0 aliphatic rings. The molecule has 1 aromatic rings. The molecule has 2 N–H and O–H groups in total. The van der Waals surface area contributed by atoms with E-state index in [-0.39, 0.29) is 0 Å². The van der Waals surface area contributed by atoms with E-state index < -0.39 is 30.5 Å². The number of nitrogens with one attached hydrogen (secondary N) is 2. The second-order valence-electron chi connectivity index (χ2n) is 4.23. The minimum atomic E-state index is -0.929. The Balaban J connectivity index is 2.39. The summed E-state index contributed by atoms with van der Waals surface area (Å²) in [5, 5.41) is 8.67. The molecule has 116 valence electrons. The van der Waals surface area contributed by atoms with Crippen LogP contribution in [0.1, 0.15) is 19.4 Å². The van der Waals surface area contributed by atoms with Crippen molar-refractivity contribution >= 4 is 17.8 Å². The van der Waals surface area contributed by atoms with Crippen LogP contribution < -0.4 is 15.6 Å². The zero-order chi connectivity index (χ0) is 16.5. The van der Waals surface area contributed by atoms with Crippen molar-refractivity contribution < 1.29 is 23.9 Å². The van der Waals surface area contributed by atoms with Crippen molar-refractivity contribution in [3.8, 4) is 11.8 Å². The fourth-order valence-electron chi connectivity index (χ4n) is 1.31. The van der Waals surface area contributed by atoms with Gasteiger partial charge in [0.15, 0.2) is 12.7 Å². The minimum Gasteiger partial charge on any atom is -0.479 e. The smallest absolute Gasteiger partial charge is 0.347 e. The van der Waals surface area contributed by atoms with Crippen molar-refractivity contribution in [2.24, 2.45) is 0 Å². The van der Waals surface area contributed by atoms with Crippen LogP contribution in [0.4, 0.5) is 0 Å². The Morgan fingerprint density at radius 3 is 2.41 bits per heavy atom. The number of hydrogen-bond donors (Lipinski definition) is 2. The third kappa shape index (κ3) is 5.92. The first-order valence-electron chi connectivity index (χ1n) is 6.31. The van der Waals surface area contributed by atoms with Gasteiger partial charge in [-0.25, -0.2) is 4.79 Å². The summed E-state index contributed by atoms with van der Waals surface area (Å²) in [4.78, 5) is 33.4. The molecule has 8 nitrogen and oxygen atoms in total. The summed E-state index contributed by atoms with van der Waals surface area (Å²) in [5.41, 5.74) is 4.58. The molecule has 1 atom stereocenters. The molecular weight excluding hydrogens is 290 g/mol. The van der Waals surface area contributed by atoms with Gasteiger partial charge in [-0.2, -0.15) is 5.26 Å². The van der Waals surface area contributed by atoms with Crippen LogP contribution in [0.3, 0.4) is 0 Å². The number of amides is 2. The summed E-state index contributed by atoms with van der Waals surface area (Å²) in [6.45, 7) is 2.15. The average Bonchev–Trinajstić information content (AvgIpc) is 2.51. The zero-order valence-electron chi connectivity index (χ0n) is 12.1. The third-order valence-corrected chi connectivity index (χ3v) is 2.35. The standard InChI is InChI=1S/C14H15N3O5/c1-9(22-12-5-3-11(7-15)4-6-12)14(20)21-8-13(19)17-16-10(2)18/h3-6,9H,8H2,1-2H3,(H,16,18)(H,17,19)/t9-/m1/s1. The summed E-state index contributed by atoms with van der Waals surface area (Å²) in [5.74, 6) is -1.46. The maximum atomic E-state index is 11.6. The van der Waals surface area contributed by atoms with Gasteiger partial charge in [-0.1, -0.05) is 0 Å². The monoisotopic (exact) mass is 305 g/mol. The summed E-state index contributed by atoms with van der Waals surface area (Å²) in [6, 6.07) is 8.16. The predicted octanol–water partition coefficient (Wildman–Crippen LogP) is 0.0361. The van der Waals surface area contributed by atoms with E-state index in [2.05, 4.69) is 10.9 Å². The van der Waals surface area contributed by atoms with Crippen LogP contribution in [0.25, 0.3) is 0 Å². The maximum absolute atomic E-state index is 11.6.